The molecule has 19 heteroatoms. The van der Waals surface area contributed by atoms with Crippen molar-refractivity contribution >= 4 is 52.8 Å². The molecule has 6 aliphatic rings. The van der Waals surface area contributed by atoms with Crippen molar-refractivity contribution in [3.05, 3.63) is 82.0 Å². The van der Waals surface area contributed by atoms with Crippen LogP contribution in [0, 0.1) is 28.1 Å². The van der Waals surface area contributed by atoms with Crippen LogP contribution in [0.4, 0.5) is 25.1 Å². The lowest BCUT2D eigenvalue weighted by molar-refractivity contribution is -0.164. The van der Waals surface area contributed by atoms with Crippen LogP contribution in [-0.2, 0) is 4.79 Å². The average molecular weight is 941 g/mol. The zero-order chi connectivity index (χ0) is 47.6. The monoisotopic (exact) mass is 940 g/mol. The van der Waals surface area contributed by atoms with Gasteiger partial charge in [0.25, 0.3) is 23.6 Å². The van der Waals surface area contributed by atoms with E-state index in [1.807, 2.05) is 17.0 Å². The summed E-state index contributed by atoms with van der Waals surface area (Å²) in [7, 11) is 0. The van der Waals surface area contributed by atoms with Gasteiger partial charge in [-0.1, -0.05) is 39.3 Å². The highest BCUT2D eigenvalue weighted by molar-refractivity contribution is 6.31. The summed E-state index contributed by atoms with van der Waals surface area (Å²) in [5.74, 6) is -3.31. The Labute approximate surface area is 393 Å². The summed E-state index contributed by atoms with van der Waals surface area (Å²) < 4.78 is 38.3. The van der Waals surface area contributed by atoms with Crippen molar-refractivity contribution in [2.75, 3.05) is 75.2 Å². The quantitative estimate of drug-likeness (QED) is 0.248. The molecule has 5 fully saturated rings. The fourth-order valence-electron chi connectivity index (χ4n) is 11.5. The molecule has 1 aliphatic carbocycles. The van der Waals surface area contributed by atoms with E-state index in [1.54, 1.807) is 35.4 Å². The van der Waals surface area contributed by atoms with Crippen molar-refractivity contribution in [3.8, 4) is 11.8 Å². The Kier molecular flexibility index (Phi) is 12.2. The Balaban J connectivity index is 0.714. The van der Waals surface area contributed by atoms with Crippen molar-refractivity contribution in [2.24, 2.45) is 16.7 Å². The summed E-state index contributed by atoms with van der Waals surface area (Å²) in [6.07, 6.45) is 3.52. The van der Waals surface area contributed by atoms with Crippen LogP contribution < -0.4 is 25.2 Å². The SMILES string of the molecule is CC1(C)C(NC(=O)c2ccc(N3CCC(CN4CCN(C5CCN(c6ccc7c(c6)C(=O)N(N6CCC(=O)NC6=O)C7=O)CC5(F)F)CC4)CC3)nc2)C(C)(C)C1Oc1ccc(C#N)c(Cl)c1. The predicted molar refractivity (Wildman–Crippen MR) is 244 cm³/mol. The second kappa shape index (κ2) is 17.6. The number of nitrogens with zero attached hydrogens (tertiary/aromatic N) is 8. The Morgan fingerprint density at radius 3 is 2.22 bits per heavy atom. The van der Waals surface area contributed by atoms with Gasteiger partial charge in [0.05, 0.1) is 46.4 Å². The van der Waals surface area contributed by atoms with E-state index in [-0.39, 0.29) is 48.6 Å². The number of pyridine rings is 1. The van der Waals surface area contributed by atoms with Gasteiger partial charge in [0.1, 0.15) is 23.7 Å². The molecule has 1 atom stereocenters. The molecule has 16 nitrogen and oxygen atoms in total. The van der Waals surface area contributed by atoms with Crippen molar-refractivity contribution in [3.63, 3.8) is 0 Å². The largest absolute Gasteiger partial charge is 0.489 e. The van der Waals surface area contributed by atoms with Crippen molar-refractivity contribution < 1.29 is 37.5 Å². The highest BCUT2D eigenvalue weighted by Crippen LogP contribution is 2.55. The molecule has 9 rings (SSSR count). The van der Waals surface area contributed by atoms with Crippen LogP contribution in [-0.4, -0.2) is 144 Å². The third kappa shape index (κ3) is 8.66. The molecule has 0 radical (unpaired) electrons. The number of halogens is 3. The van der Waals surface area contributed by atoms with E-state index < -0.39 is 53.1 Å². The molecule has 5 aliphatic heterocycles. The molecule has 2 aromatic carbocycles. The third-order valence-electron chi connectivity index (χ3n) is 14.8. The maximum Gasteiger partial charge on any atom is 0.343 e. The van der Waals surface area contributed by atoms with Crippen LogP contribution in [0.2, 0.25) is 5.02 Å². The summed E-state index contributed by atoms with van der Waals surface area (Å²) >= 11 is 6.25. The number of hydrazine groups is 1. The van der Waals surface area contributed by atoms with Gasteiger partial charge < -0.3 is 24.8 Å². The number of hydrogen-bond donors (Lipinski definition) is 2. The Hall–Kier alpha value is -5.90. The molecule has 0 spiro atoms. The number of fused-ring (bicyclic) bond motifs is 1. The minimum atomic E-state index is -3.03. The molecule has 3 aromatic rings. The molecule has 2 N–H and O–H groups in total. The van der Waals surface area contributed by atoms with E-state index in [1.165, 1.54) is 12.1 Å². The van der Waals surface area contributed by atoms with E-state index in [4.69, 9.17) is 16.3 Å². The molecule has 354 valence electrons. The van der Waals surface area contributed by atoms with Crippen molar-refractivity contribution in [1.82, 2.24) is 35.4 Å². The van der Waals surface area contributed by atoms with Crippen LogP contribution in [0.1, 0.15) is 90.0 Å². The lowest BCUT2D eigenvalue weighted by Gasteiger charge is -2.63. The number of alkyl halides is 2. The molecule has 0 bridgehead atoms. The number of rotatable bonds is 10. The van der Waals surface area contributed by atoms with Crippen LogP contribution in [0.15, 0.2) is 54.7 Å². The number of hydrogen-bond acceptors (Lipinski definition) is 12. The fraction of sp³-hybridized carbons (Fsp3) is 0.521. The van der Waals surface area contributed by atoms with Crippen LogP contribution >= 0.6 is 11.6 Å². The van der Waals surface area contributed by atoms with E-state index >= 15 is 8.78 Å². The summed E-state index contributed by atoms with van der Waals surface area (Å²) in [6, 6.07) is 13.3. The zero-order valence-electron chi connectivity index (χ0n) is 38.1. The van der Waals surface area contributed by atoms with E-state index in [0.717, 1.165) is 43.3 Å². The molecular weight excluding hydrogens is 886 g/mol. The van der Waals surface area contributed by atoms with E-state index in [9.17, 15) is 29.2 Å². The fourth-order valence-corrected chi connectivity index (χ4v) is 11.7. The van der Waals surface area contributed by atoms with Gasteiger partial charge in [0.15, 0.2) is 0 Å². The molecule has 1 saturated carbocycles. The number of piperazine rings is 1. The van der Waals surface area contributed by atoms with Gasteiger partial charge in [0, 0.05) is 93.6 Å². The average Bonchev–Trinajstić information content (AvgIpc) is 3.55. The number of nitriles is 1. The van der Waals surface area contributed by atoms with Gasteiger partial charge in [-0.05, 0) is 67.6 Å². The van der Waals surface area contributed by atoms with Gasteiger partial charge >= 0.3 is 6.03 Å². The van der Waals surface area contributed by atoms with Gasteiger partial charge in [-0.15, -0.1) is 0 Å². The second-order valence-electron chi connectivity index (χ2n) is 19.8. The highest BCUT2D eigenvalue weighted by Gasteiger charge is 2.64. The summed E-state index contributed by atoms with van der Waals surface area (Å²) in [6.45, 7) is 13.0. The maximum atomic E-state index is 16.0. The summed E-state index contributed by atoms with van der Waals surface area (Å²) in [5, 5.41) is 16.5. The number of nitrogens with one attached hydrogen (secondary N) is 2. The number of carbonyl (C=O) groups is 5. The normalized spacial score (nSPS) is 25.3. The standard InChI is InChI=1S/C48H55ClF2N10O6/c1-46(2)43(47(3,4)44(46)67-33-8-5-30(25-52)36(49)24-33)55-40(63)31-6-10-38(53-26-31)58-15-11-29(12-16-58)27-56-19-21-57(22-20-56)37-13-17-59(28-48(37,50)51)32-7-9-34-35(23-32)42(65)61(41(34)64)60-18-14-39(62)54-45(60)66/h5-10,23-24,26,29,37,43-44H,11-22,27-28H2,1-4H3,(H,55,63)(H,54,62,66). The lowest BCUT2D eigenvalue weighted by atomic mass is 9.49. The number of urea groups is 1. The first-order valence-electron chi connectivity index (χ1n) is 23.0. The Bertz CT molecular complexity index is 2500. The number of anilines is 2. The zero-order valence-corrected chi connectivity index (χ0v) is 38.8. The number of imide groups is 2. The van der Waals surface area contributed by atoms with Crippen LogP contribution in [0.5, 0.6) is 5.75 Å². The number of carbonyl (C=O) groups excluding carboxylic acids is 5. The first kappa shape index (κ1) is 46.2. The van der Waals surface area contributed by atoms with Gasteiger partial charge in [-0.25, -0.2) is 23.6 Å². The van der Waals surface area contributed by atoms with Crippen molar-refractivity contribution in [1.29, 1.82) is 5.26 Å². The molecule has 1 aromatic heterocycles. The predicted octanol–water partition coefficient (Wildman–Crippen LogP) is 5.42. The molecule has 1 unspecified atom stereocenters. The summed E-state index contributed by atoms with van der Waals surface area (Å²) in [5.41, 5.74) is 0.570. The van der Waals surface area contributed by atoms with Crippen LogP contribution in [0.3, 0.4) is 0 Å². The molecule has 67 heavy (non-hydrogen) atoms. The topological polar surface area (TPSA) is 175 Å². The minimum absolute atomic E-state index is 0.0288. The Morgan fingerprint density at radius 2 is 1.58 bits per heavy atom. The number of aromatic nitrogens is 1. The lowest BCUT2D eigenvalue weighted by Crippen LogP contribution is -2.74. The third-order valence-corrected chi connectivity index (χ3v) is 15.1. The summed E-state index contributed by atoms with van der Waals surface area (Å²) in [4.78, 5) is 76.7. The molecular formula is C48H55ClF2N10O6. The first-order chi connectivity index (χ1) is 31.8. The van der Waals surface area contributed by atoms with Gasteiger partial charge in [-0.2, -0.15) is 10.3 Å². The minimum Gasteiger partial charge on any atom is -0.489 e. The van der Waals surface area contributed by atoms with E-state index in [2.05, 4.69) is 59.2 Å². The highest BCUT2D eigenvalue weighted by atomic mass is 35.5. The molecule has 6 amide bonds. The number of ether oxygens (including phenoxy) is 1. The van der Waals surface area contributed by atoms with Crippen LogP contribution in [0.25, 0.3) is 0 Å². The first-order valence-corrected chi connectivity index (χ1v) is 23.3. The van der Waals surface area contributed by atoms with E-state index in [0.29, 0.717) is 71.2 Å². The van der Waals surface area contributed by atoms with Crippen molar-refractivity contribution in [2.45, 2.75) is 77.5 Å². The van der Waals surface area contributed by atoms with Gasteiger partial charge in [-0.3, -0.25) is 29.4 Å². The number of amides is 6. The molecule has 4 saturated heterocycles. The number of benzene rings is 2. The number of piperidine rings is 2. The smallest absolute Gasteiger partial charge is 0.343 e. The second-order valence-corrected chi connectivity index (χ2v) is 20.2. The van der Waals surface area contributed by atoms with Gasteiger partial charge in [0.2, 0.25) is 5.91 Å². The maximum absolute atomic E-state index is 16.0. The Morgan fingerprint density at radius 1 is 0.881 bits per heavy atom. The molecule has 6 heterocycles.